The van der Waals surface area contributed by atoms with Gasteiger partial charge < -0.3 is 9.15 Å². The van der Waals surface area contributed by atoms with Gasteiger partial charge in [0.1, 0.15) is 0 Å². The van der Waals surface area contributed by atoms with E-state index in [-0.39, 0.29) is 12.5 Å². The van der Waals surface area contributed by atoms with Gasteiger partial charge in [-0.25, -0.2) is 4.79 Å². The van der Waals surface area contributed by atoms with Crippen molar-refractivity contribution in [2.45, 2.75) is 20.5 Å². The molecule has 0 aliphatic carbocycles. The number of hydrogen-bond donors (Lipinski definition) is 0. The molecule has 0 N–H and O–H groups in total. The van der Waals surface area contributed by atoms with Gasteiger partial charge in [-0.05, 0) is 43.2 Å². The Balaban J connectivity index is 1.71. The maximum Gasteiger partial charge on any atom is 0.338 e. The van der Waals surface area contributed by atoms with E-state index < -0.39 is 5.97 Å². The average Bonchev–Trinajstić information content (AvgIpc) is 3.04. The SMILES string of the molecule is Cc1cccc(C(=O)OCc2nnc(-c3ccccc3Cl)o2)c1C. The highest BCUT2D eigenvalue weighted by atomic mass is 35.5. The summed E-state index contributed by atoms with van der Waals surface area (Å²) in [6.45, 7) is 3.73. The van der Waals surface area contributed by atoms with E-state index in [1.165, 1.54) is 0 Å². The Kier molecular flexibility index (Phi) is 4.62. The summed E-state index contributed by atoms with van der Waals surface area (Å²) >= 11 is 6.09. The summed E-state index contributed by atoms with van der Waals surface area (Å²) in [6, 6.07) is 12.7. The minimum atomic E-state index is -0.423. The van der Waals surface area contributed by atoms with Crippen LogP contribution < -0.4 is 0 Å². The van der Waals surface area contributed by atoms with Crippen molar-refractivity contribution in [1.82, 2.24) is 10.2 Å². The normalized spacial score (nSPS) is 10.6. The molecule has 24 heavy (non-hydrogen) atoms. The zero-order valence-corrected chi connectivity index (χ0v) is 14.0. The third-order valence-electron chi connectivity index (χ3n) is 3.72. The topological polar surface area (TPSA) is 65.2 Å². The number of aromatic nitrogens is 2. The lowest BCUT2D eigenvalue weighted by molar-refractivity contribution is 0.0437. The van der Waals surface area contributed by atoms with Crippen molar-refractivity contribution < 1.29 is 13.9 Å². The first-order valence-corrected chi connectivity index (χ1v) is 7.74. The van der Waals surface area contributed by atoms with Gasteiger partial charge in [0.05, 0.1) is 16.1 Å². The first kappa shape index (κ1) is 16.2. The molecule has 0 aliphatic heterocycles. The van der Waals surface area contributed by atoms with Crippen molar-refractivity contribution in [3.05, 3.63) is 70.1 Å². The van der Waals surface area contributed by atoms with Crippen LogP contribution in [0.4, 0.5) is 0 Å². The number of hydrogen-bond acceptors (Lipinski definition) is 5. The Labute approximate surface area is 144 Å². The highest BCUT2D eigenvalue weighted by Crippen LogP contribution is 2.26. The molecule has 0 aliphatic rings. The van der Waals surface area contributed by atoms with Gasteiger partial charge in [-0.2, -0.15) is 0 Å². The molecule has 0 unspecified atom stereocenters. The largest absolute Gasteiger partial charge is 0.452 e. The van der Waals surface area contributed by atoms with E-state index in [2.05, 4.69) is 10.2 Å². The minimum absolute atomic E-state index is 0.0936. The zero-order chi connectivity index (χ0) is 17.1. The number of carbonyl (C=O) groups is 1. The number of esters is 1. The summed E-state index contributed by atoms with van der Waals surface area (Å²) in [4.78, 5) is 12.2. The number of halogens is 1. The van der Waals surface area contributed by atoms with Crippen LogP contribution in [0.5, 0.6) is 0 Å². The fourth-order valence-corrected chi connectivity index (χ4v) is 2.45. The van der Waals surface area contributed by atoms with Crippen molar-refractivity contribution >= 4 is 17.6 Å². The molecule has 0 amide bonds. The Morgan fingerprint density at radius 1 is 1.12 bits per heavy atom. The number of benzene rings is 2. The summed E-state index contributed by atoms with van der Waals surface area (Å²) in [5.41, 5.74) is 3.09. The number of carbonyl (C=O) groups excluding carboxylic acids is 1. The van der Waals surface area contributed by atoms with Crippen LogP contribution in [0.1, 0.15) is 27.4 Å². The van der Waals surface area contributed by atoms with Gasteiger partial charge in [0.2, 0.25) is 5.89 Å². The van der Waals surface area contributed by atoms with Crippen LogP contribution in [-0.2, 0) is 11.3 Å². The quantitative estimate of drug-likeness (QED) is 0.659. The van der Waals surface area contributed by atoms with E-state index in [0.29, 0.717) is 22.0 Å². The van der Waals surface area contributed by atoms with Gasteiger partial charge in [0.25, 0.3) is 5.89 Å². The summed E-state index contributed by atoms with van der Waals surface area (Å²) in [5.74, 6) is 0.0793. The van der Waals surface area contributed by atoms with E-state index in [1.54, 1.807) is 18.2 Å². The molecule has 2 aromatic carbocycles. The Bertz CT molecular complexity index is 889. The maximum absolute atomic E-state index is 12.2. The molecular formula is C18H15ClN2O3. The van der Waals surface area contributed by atoms with E-state index in [1.807, 2.05) is 38.1 Å². The Morgan fingerprint density at radius 3 is 2.71 bits per heavy atom. The molecule has 0 saturated carbocycles. The molecule has 0 radical (unpaired) electrons. The molecule has 0 spiro atoms. The lowest BCUT2D eigenvalue weighted by Gasteiger charge is -2.07. The van der Waals surface area contributed by atoms with Gasteiger partial charge in [-0.3, -0.25) is 0 Å². The van der Waals surface area contributed by atoms with E-state index >= 15 is 0 Å². The second-order valence-corrected chi connectivity index (χ2v) is 5.71. The van der Waals surface area contributed by atoms with Gasteiger partial charge in [-0.15, -0.1) is 10.2 Å². The lowest BCUT2D eigenvalue weighted by atomic mass is 10.0. The molecule has 122 valence electrons. The third kappa shape index (κ3) is 3.31. The summed E-state index contributed by atoms with van der Waals surface area (Å²) in [5, 5.41) is 8.34. The summed E-state index contributed by atoms with van der Waals surface area (Å²) in [6.07, 6.45) is 0. The smallest absolute Gasteiger partial charge is 0.338 e. The lowest BCUT2D eigenvalue weighted by Crippen LogP contribution is -2.08. The van der Waals surface area contributed by atoms with Crippen molar-refractivity contribution in [2.75, 3.05) is 0 Å². The molecule has 3 rings (SSSR count). The van der Waals surface area contributed by atoms with E-state index in [9.17, 15) is 4.79 Å². The Hall–Kier alpha value is -2.66. The number of rotatable bonds is 4. The fourth-order valence-electron chi connectivity index (χ4n) is 2.23. The highest BCUT2D eigenvalue weighted by Gasteiger charge is 2.15. The molecular weight excluding hydrogens is 328 g/mol. The van der Waals surface area contributed by atoms with Crippen LogP contribution in [0, 0.1) is 13.8 Å². The molecule has 0 saturated heterocycles. The molecule has 1 aromatic heterocycles. The van der Waals surface area contributed by atoms with E-state index in [4.69, 9.17) is 20.8 Å². The van der Waals surface area contributed by atoms with Crippen LogP contribution in [-0.4, -0.2) is 16.2 Å². The minimum Gasteiger partial charge on any atom is -0.452 e. The zero-order valence-electron chi connectivity index (χ0n) is 13.2. The first-order chi connectivity index (χ1) is 11.6. The molecule has 0 fully saturated rings. The van der Waals surface area contributed by atoms with Gasteiger partial charge >= 0.3 is 5.97 Å². The fraction of sp³-hybridized carbons (Fsp3) is 0.167. The van der Waals surface area contributed by atoms with Crippen molar-refractivity contribution in [2.24, 2.45) is 0 Å². The Morgan fingerprint density at radius 2 is 1.92 bits per heavy atom. The van der Waals surface area contributed by atoms with Gasteiger partial charge in [-0.1, -0.05) is 35.9 Å². The second kappa shape index (κ2) is 6.84. The third-order valence-corrected chi connectivity index (χ3v) is 4.05. The van der Waals surface area contributed by atoms with Crippen LogP contribution in [0.2, 0.25) is 5.02 Å². The molecule has 5 nitrogen and oxygen atoms in total. The summed E-state index contributed by atoms with van der Waals surface area (Å²) < 4.78 is 10.8. The molecule has 1 heterocycles. The number of ether oxygens (including phenoxy) is 1. The van der Waals surface area contributed by atoms with Crippen molar-refractivity contribution in [3.8, 4) is 11.5 Å². The highest BCUT2D eigenvalue weighted by molar-refractivity contribution is 6.33. The molecule has 6 heteroatoms. The van der Waals surface area contributed by atoms with Gasteiger partial charge in [0.15, 0.2) is 6.61 Å². The maximum atomic E-state index is 12.2. The van der Waals surface area contributed by atoms with Crippen LogP contribution in [0.3, 0.4) is 0 Å². The van der Waals surface area contributed by atoms with Crippen LogP contribution >= 0.6 is 11.6 Å². The number of nitrogens with zero attached hydrogens (tertiary/aromatic N) is 2. The summed E-state index contributed by atoms with van der Waals surface area (Å²) in [7, 11) is 0. The second-order valence-electron chi connectivity index (χ2n) is 5.30. The predicted molar refractivity (Wildman–Crippen MR) is 89.8 cm³/mol. The van der Waals surface area contributed by atoms with Gasteiger partial charge in [0, 0.05) is 0 Å². The van der Waals surface area contributed by atoms with Crippen molar-refractivity contribution in [1.29, 1.82) is 0 Å². The first-order valence-electron chi connectivity index (χ1n) is 7.37. The van der Waals surface area contributed by atoms with Crippen LogP contribution in [0.25, 0.3) is 11.5 Å². The number of aryl methyl sites for hydroxylation is 1. The van der Waals surface area contributed by atoms with E-state index in [0.717, 1.165) is 11.1 Å². The van der Waals surface area contributed by atoms with Crippen molar-refractivity contribution in [3.63, 3.8) is 0 Å². The van der Waals surface area contributed by atoms with Crippen LogP contribution in [0.15, 0.2) is 46.9 Å². The predicted octanol–water partition coefficient (Wildman–Crippen LogP) is 4.36. The monoisotopic (exact) mass is 342 g/mol. The average molecular weight is 343 g/mol. The molecule has 3 aromatic rings. The molecule has 0 bridgehead atoms. The standard InChI is InChI=1S/C18H15ClN2O3/c1-11-6-5-8-13(12(11)2)18(22)23-10-16-20-21-17(24-16)14-7-3-4-9-15(14)19/h3-9H,10H2,1-2H3. The molecule has 0 atom stereocenters.